The maximum atomic E-state index is 14.7. The lowest BCUT2D eigenvalue weighted by molar-refractivity contribution is 0.416. The van der Waals surface area contributed by atoms with Gasteiger partial charge in [0.2, 0.25) is 0 Å². The molecule has 1 aliphatic heterocycles. The summed E-state index contributed by atoms with van der Waals surface area (Å²) in [5, 5.41) is 0. The minimum Gasteiger partial charge on any atom is -0.455 e. The van der Waals surface area contributed by atoms with E-state index in [9.17, 15) is 35.1 Å². The maximum absolute atomic E-state index is 14.7. The zero-order valence-corrected chi connectivity index (χ0v) is 18.6. The quantitative estimate of drug-likeness (QED) is 0.196. The number of halogens is 8. The Morgan fingerprint density at radius 1 is 0.528 bits per heavy atom. The Labute approximate surface area is 199 Å². The monoisotopic (exact) mass is 506 g/mol. The van der Waals surface area contributed by atoms with Crippen molar-refractivity contribution in [3.05, 3.63) is 106 Å². The molecule has 0 amide bonds. The van der Waals surface area contributed by atoms with E-state index in [0.29, 0.717) is 11.1 Å². The molecule has 1 nitrogen and oxygen atoms in total. The van der Waals surface area contributed by atoms with Gasteiger partial charge in [-0.2, -0.15) is 0 Å². The van der Waals surface area contributed by atoms with E-state index < -0.39 is 63.1 Å². The molecular weight excluding hydrogens is 492 g/mol. The number of benzene rings is 4. The Morgan fingerprint density at radius 3 is 1.19 bits per heavy atom. The van der Waals surface area contributed by atoms with Crippen LogP contribution in [0.5, 0.6) is 11.5 Å². The number of fused-ring (bicyclic) bond motifs is 2. The van der Waals surface area contributed by atoms with Crippen LogP contribution in [-0.4, -0.2) is 0 Å². The molecule has 0 radical (unpaired) electrons. The van der Waals surface area contributed by atoms with Gasteiger partial charge in [0.15, 0.2) is 46.5 Å². The Morgan fingerprint density at radius 2 is 0.861 bits per heavy atom. The van der Waals surface area contributed by atoms with Crippen LogP contribution in [-0.2, 0) is 5.41 Å². The van der Waals surface area contributed by atoms with E-state index in [1.54, 1.807) is 26.0 Å². The highest BCUT2D eigenvalue weighted by Crippen LogP contribution is 2.54. The standard InChI is InChI=1S/C27H14F8O/c1-27(2)13-7-3-5-11(19-21(32)15(28)9-16(29)22(19)33)25(13)36-26-12(6-4-8-14(26)27)20-23(34)17(30)10-18(31)24(20)35/h3-10H,1-2H3. The summed E-state index contributed by atoms with van der Waals surface area (Å²) >= 11 is 0. The van der Waals surface area contributed by atoms with Crippen LogP contribution in [0.3, 0.4) is 0 Å². The number of rotatable bonds is 2. The van der Waals surface area contributed by atoms with Gasteiger partial charge in [-0.05, 0) is 0 Å². The first-order chi connectivity index (χ1) is 16.9. The molecule has 0 N–H and O–H groups in total. The molecular formula is C27H14F8O. The number of para-hydroxylation sites is 2. The SMILES string of the molecule is CC1(C)c2cccc(-c3c(F)c(F)cc(F)c3F)c2Oc2c(-c3c(F)c(F)cc(F)c3F)cccc21. The molecule has 1 aliphatic rings. The smallest absolute Gasteiger partial charge is 0.169 e. The number of hydrogen-bond acceptors (Lipinski definition) is 1. The van der Waals surface area contributed by atoms with Gasteiger partial charge in [-0.3, -0.25) is 0 Å². The Hall–Kier alpha value is -3.88. The second-order valence-electron chi connectivity index (χ2n) is 8.78. The molecule has 0 bridgehead atoms. The molecule has 0 unspecified atom stereocenters. The van der Waals surface area contributed by atoms with Crippen LogP contribution in [0.25, 0.3) is 22.3 Å². The molecule has 184 valence electrons. The van der Waals surface area contributed by atoms with Crippen molar-refractivity contribution in [3.8, 4) is 33.8 Å². The van der Waals surface area contributed by atoms with E-state index in [1.165, 1.54) is 12.1 Å². The summed E-state index contributed by atoms with van der Waals surface area (Å²) in [6, 6.07) is 8.33. The van der Waals surface area contributed by atoms with Gasteiger partial charge in [0.05, 0.1) is 11.1 Å². The maximum Gasteiger partial charge on any atom is 0.169 e. The van der Waals surface area contributed by atoms with Gasteiger partial charge >= 0.3 is 0 Å². The molecule has 4 aromatic rings. The predicted octanol–water partition coefficient (Wildman–Crippen LogP) is 8.57. The van der Waals surface area contributed by atoms with Crippen molar-refractivity contribution in [3.63, 3.8) is 0 Å². The van der Waals surface area contributed by atoms with Crippen LogP contribution in [0, 0.1) is 46.5 Å². The Bertz CT molecular complexity index is 1410. The van der Waals surface area contributed by atoms with Crippen molar-refractivity contribution < 1.29 is 39.9 Å². The topological polar surface area (TPSA) is 9.23 Å². The van der Waals surface area contributed by atoms with E-state index in [-0.39, 0.29) is 34.8 Å². The van der Waals surface area contributed by atoms with Crippen molar-refractivity contribution in [1.29, 1.82) is 0 Å². The van der Waals surface area contributed by atoms with Crippen LogP contribution in [0.2, 0.25) is 0 Å². The van der Waals surface area contributed by atoms with Gasteiger partial charge in [-0.15, -0.1) is 0 Å². The van der Waals surface area contributed by atoms with Gasteiger partial charge in [-0.1, -0.05) is 50.2 Å². The van der Waals surface area contributed by atoms with Crippen molar-refractivity contribution in [2.24, 2.45) is 0 Å². The molecule has 4 aromatic carbocycles. The predicted molar refractivity (Wildman–Crippen MR) is 116 cm³/mol. The Kier molecular flexibility index (Phi) is 5.35. The molecule has 0 atom stereocenters. The molecule has 9 heteroatoms. The molecule has 0 spiro atoms. The van der Waals surface area contributed by atoms with Crippen LogP contribution in [0.15, 0.2) is 48.5 Å². The third-order valence-electron chi connectivity index (χ3n) is 6.34. The van der Waals surface area contributed by atoms with Crippen molar-refractivity contribution in [2.75, 3.05) is 0 Å². The largest absolute Gasteiger partial charge is 0.455 e. The van der Waals surface area contributed by atoms with Crippen molar-refractivity contribution in [2.45, 2.75) is 19.3 Å². The third-order valence-corrected chi connectivity index (χ3v) is 6.34. The van der Waals surface area contributed by atoms with Crippen molar-refractivity contribution >= 4 is 0 Å². The summed E-state index contributed by atoms with van der Waals surface area (Å²) < 4.78 is 121. The lowest BCUT2D eigenvalue weighted by Crippen LogP contribution is -2.25. The average molecular weight is 506 g/mol. The van der Waals surface area contributed by atoms with Gasteiger partial charge in [-0.25, -0.2) is 35.1 Å². The minimum absolute atomic E-state index is 0.0613. The van der Waals surface area contributed by atoms with Gasteiger partial charge in [0, 0.05) is 39.8 Å². The fourth-order valence-electron chi connectivity index (χ4n) is 4.54. The second kappa shape index (κ2) is 8.08. The van der Waals surface area contributed by atoms with E-state index in [2.05, 4.69) is 0 Å². The van der Waals surface area contributed by atoms with E-state index in [4.69, 9.17) is 4.74 Å². The lowest BCUT2D eigenvalue weighted by Gasteiger charge is -2.36. The van der Waals surface area contributed by atoms with E-state index >= 15 is 0 Å². The number of hydrogen-bond donors (Lipinski definition) is 0. The second-order valence-corrected chi connectivity index (χ2v) is 8.78. The molecule has 0 aromatic heterocycles. The molecule has 0 aliphatic carbocycles. The molecule has 0 saturated heterocycles. The first kappa shape index (κ1) is 23.8. The molecule has 5 rings (SSSR count). The average Bonchev–Trinajstić information content (AvgIpc) is 2.83. The van der Waals surface area contributed by atoms with Gasteiger partial charge < -0.3 is 4.74 Å². The number of ether oxygens (including phenoxy) is 1. The van der Waals surface area contributed by atoms with E-state index in [0.717, 1.165) is 12.1 Å². The summed E-state index contributed by atoms with van der Waals surface area (Å²) in [7, 11) is 0. The summed E-state index contributed by atoms with van der Waals surface area (Å²) in [6.07, 6.45) is 0. The first-order valence-electron chi connectivity index (χ1n) is 10.6. The lowest BCUT2D eigenvalue weighted by atomic mass is 9.74. The first-order valence-corrected chi connectivity index (χ1v) is 10.6. The molecule has 1 heterocycles. The fraction of sp³-hybridized carbons (Fsp3) is 0.111. The molecule has 0 fully saturated rings. The zero-order valence-electron chi connectivity index (χ0n) is 18.6. The molecule has 0 saturated carbocycles. The summed E-state index contributed by atoms with van der Waals surface area (Å²) in [5.74, 6) is -13.8. The van der Waals surface area contributed by atoms with Crippen LogP contribution >= 0.6 is 0 Å². The molecule has 36 heavy (non-hydrogen) atoms. The van der Waals surface area contributed by atoms with Crippen LogP contribution in [0.1, 0.15) is 25.0 Å². The summed E-state index contributed by atoms with van der Waals surface area (Å²) in [5.41, 5.74) is -3.22. The van der Waals surface area contributed by atoms with Gasteiger partial charge in [0.25, 0.3) is 0 Å². The minimum atomic E-state index is -1.67. The normalized spacial score (nSPS) is 13.7. The van der Waals surface area contributed by atoms with Crippen LogP contribution in [0.4, 0.5) is 35.1 Å². The highest BCUT2D eigenvalue weighted by atomic mass is 19.2. The fourth-order valence-corrected chi connectivity index (χ4v) is 4.54. The zero-order chi connectivity index (χ0) is 26.1. The highest BCUT2D eigenvalue weighted by molar-refractivity contribution is 5.81. The van der Waals surface area contributed by atoms with Crippen molar-refractivity contribution in [1.82, 2.24) is 0 Å². The highest BCUT2D eigenvalue weighted by Gasteiger charge is 2.39. The third kappa shape index (κ3) is 3.29. The van der Waals surface area contributed by atoms with Gasteiger partial charge in [0.1, 0.15) is 11.5 Å². The van der Waals surface area contributed by atoms with E-state index in [1.807, 2.05) is 0 Å². The summed E-state index contributed by atoms with van der Waals surface area (Å²) in [6.45, 7) is 3.33. The Balaban J connectivity index is 1.83. The van der Waals surface area contributed by atoms with Crippen LogP contribution < -0.4 is 4.74 Å². The summed E-state index contributed by atoms with van der Waals surface area (Å²) in [4.78, 5) is 0.